The Morgan fingerprint density at radius 1 is 1.14 bits per heavy atom. The van der Waals surface area contributed by atoms with Gasteiger partial charge in [-0.05, 0) is 45.0 Å². The first-order chi connectivity index (χ1) is 10.3. The molecule has 7 heteroatoms. The van der Waals surface area contributed by atoms with E-state index >= 15 is 0 Å². The van der Waals surface area contributed by atoms with Gasteiger partial charge in [-0.1, -0.05) is 0 Å². The SMILES string of the molecule is CCS(=O)(=O)Nc1cc(-c2nc(C)cc(C)n2)ccc1OC. The second-order valence-electron chi connectivity index (χ2n) is 4.89. The summed E-state index contributed by atoms with van der Waals surface area (Å²) in [5, 5.41) is 0. The molecular weight excluding hydrogens is 302 g/mol. The maximum atomic E-state index is 11.8. The van der Waals surface area contributed by atoms with Gasteiger partial charge < -0.3 is 4.74 Å². The van der Waals surface area contributed by atoms with E-state index in [2.05, 4.69) is 14.7 Å². The Labute approximate surface area is 130 Å². The minimum atomic E-state index is -3.39. The number of nitrogens with one attached hydrogen (secondary N) is 1. The van der Waals surface area contributed by atoms with Crippen molar-refractivity contribution >= 4 is 15.7 Å². The predicted octanol–water partition coefficient (Wildman–Crippen LogP) is 2.53. The van der Waals surface area contributed by atoms with Crippen molar-refractivity contribution in [1.29, 1.82) is 0 Å². The second-order valence-corrected chi connectivity index (χ2v) is 6.91. The zero-order valence-corrected chi connectivity index (χ0v) is 13.9. The average Bonchev–Trinajstić information content (AvgIpc) is 2.46. The number of nitrogens with zero attached hydrogens (tertiary/aromatic N) is 2. The Kier molecular flexibility index (Phi) is 4.65. The van der Waals surface area contributed by atoms with Gasteiger partial charge in [0.15, 0.2) is 5.82 Å². The van der Waals surface area contributed by atoms with Crippen LogP contribution < -0.4 is 9.46 Å². The van der Waals surface area contributed by atoms with Crippen molar-refractivity contribution in [2.45, 2.75) is 20.8 Å². The van der Waals surface area contributed by atoms with Gasteiger partial charge in [-0.2, -0.15) is 0 Å². The third-order valence-electron chi connectivity index (χ3n) is 3.09. The van der Waals surface area contributed by atoms with Crippen molar-refractivity contribution in [3.63, 3.8) is 0 Å². The molecule has 0 aliphatic carbocycles. The normalized spacial score (nSPS) is 11.3. The standard InChI is InChI=1S/C15H19N3O3S/c1-5-22(19,20)18-13-9-12(6-7-14(13)21-4)15-16-10(2)8-11(3)17-15/h6-9,18H,5H2,1-4H3. The van der Waals surface area contributed by atoms with Gasteiger partial charge in [0.2, 0.25) is 10.0 Å². The summed E-state index contributed by atoms with van der Waals surface area (Å²) in [5.74, 6) is 0.989. The summed E-state index contributed by atoms with van der Waals surface area (Å²) >= 11 is 0. The van der Waals surface area contributed by atoms with E-state index in [-0.39, 0.29) is 5.75 Å². The third kappa shape index (κ3) is 3.73. The summed E-state index contributed by atoms with van der Waals surface area (Å²) in [6.45, 7) is 5.36. The molecule has 6 nitrogen and oxygen atoms in total. The molecule has 0 saturated heterocycles. The largest absolute Gasteiger partial charge is 0.495 e. The van der Waals surface area contributed by atoms with E-state index in [0.29, 0.717) is 17.3 Å². The van der Waals surface area contributed by atoms with Crippen molar-refractivity contribution in [3.8, 4) is 17.1 Å². The third-order valence-corrected chi connectivity index (χ3v) is 4.38. The Morgan fingerprint density at radius 2 is 1.77 bits per heavy atom. The summed E-state index contributed by atoms with van der Waals surface area (Å²) in [7, 11) is -1.90. The minimum absolute atomic E-state index is 0.0135. The summed E-state index contributed by atoms with van der Waals surface area (Å²) < 4.78 is 31.3. The molecule has 1 aromatic heterocycles. The van der Waals surface area contributed by atoms with Gasteiger partial charge in [0, 0.05) is 17.0 Å². The predicted molar refractivity (Wildman–Crippen MR) is 86.6 cm³/mol. The molecule has 0 aliphatic heterocycles. The molecule has 0 radical (unpaired) electrons. The molecule has 22 heavy (non-hydrogen) atoms. The fourth-order valence-electron chi connectivity index (χ4n) is 2.02. The van der Waals surface area contributed by atoms with Crippen molar-refractivity contribution in [3.05, 3.63) is 35.7 Å². The average molecular weight is 321 g/mol. The number of ether oxygens (including phenoxy) is 1. The molecular formula is C15H19N3O3S. The van der Waals surface area contributed by atoms with Crippen LogP contribution in [0.2, 0.25) is 0 Å². The van der Waals surface area contributed by atoms with Gasteiger partial charge in [-0.25, -0.2) is 18.4 Å². The molecule has 0 fully saturated rings. The Morgan fingerprint density at radius 3 is 2.32 bits per heavy atom. The number of aryl methyl sites for hydroxylation is 2. The van der Waals surface area contributed by atoms with Crippen LogP contribution in [0.1, 0.15) is 18.3 Å². The molecule has 0 saturated carbocycles. The zero-order valence-electron chi connectivity index (χ0n) is 13.0. The number of rotatable bonds is 5. The van der Waals surface area contributed by atoms with E-state index in [1.54, 1.807) is 25.1 Å². The number of aromatic nitrogens is 2. The van der Waals surface area contributed by atoms with E-state index < -0.39 is 10.0 Å². The highest BCUT2D eigenvalue weighted by Crippen LogP contribution is 2.30. The van der Waals surface area contributed by atoms with E-state index in [1.807, 2.05) is 19.9 Å². The molecule has 1 heterocycles. The zero-order chi connectivity index (χ0) is 16.3. The van der Waals surface area contributed by atoms with Crippen LogP contribution in [0.5, 0.6) is 5.75 Å². The highest BCUT2D eigenvalue weighted by Gasteiger charge is 2.13. The number of hydrogen-bond donors (Lipinski definition) is 1. The number of sulfonamides is 1. The quantitative estimate of drug-likeness (QED) is 0.915. The number of hydrogen-bond acceptors (Lipinski definition) is 5. The summed E-state index contributed by atoms with van der Waals surface area (Å²) in [5.41, 5.74) is 2.81. The van der Waals surface area contributed by atoms with Gasteiger partial charge in [0.25, 0.3) is 0 Å². The number of anilines is 1. The topological polar surface area (TPSA) is 81.2 Å². The van der Waals surface area contributed by atoms with Gasteiger partial charge in [-0.15, -0.1) is 0 Å². The molecule has 0 atom stereocenters. The molecule has 0 bridgehead atoms. The summed E-state index contributed by atoms with van der Waals surface area (Å²) in [6, 6.07) is 7.06. The van der Waals surface area contributed by atoms with Crippen LogP contribution in [-0.2, 0) is 10.0 Å². The molecule has 0 aliphatic rings. The van der Waals surface area contributed by atoms with Gasteiger partial charge in [-0.3, -0.25) is 4.72 Å². The van der Waals surface area contributed by atoms with Crippen molar-refractivity contribution < 1.29 is 13.2 Å². The monoisotopic (exact) mass is 321 g/mol. The summed E-state index contributed by atoms with van der Waals surface area (Å²) in [6.07, 6.45) is 0. The maximum Gasteiger partial charge on any atom is 0.232 e. The molecule has 1 N–H and O–H groups in total. The highest BCUT2D eigenvalue weighted by molar-refractivity contribution is 7.92. The molecule has 2 aromatic rings. The van der Waals surface area contributed by atoms with Crippen LogP contribution in [0.3, 0.4) is 0 Å². The molecule has 1 aromatic carbocycles. The first kappa shape index (κ1) is 16.2. The van der Waals surface area contributed by atoms with Crippen LogP contribution in [0.25, 0.3) is 11.4 Å². The summed E-state index contributed by atoms with van der Waals surface area (Å²) in [4.78, 5) is 8.78. The van der Waals surface area contributed by atoms with Crippen molar-refractivity contribution in [2.75, 3.05) is 17.6 Å². The van der Waals surface area contributed by atoms with E-state index in [1.165, 1.54) is 7.11 Å². The lowest BCUT2D eigenvalue weighted by Gasteiger charge is -2.12. The molecule has 0 unspecified atom stereocenters. The van der Waals surface area contributed by atoms with Crippen LogP contribution in [0, 0.1) is 13.8 Å². The fraction of sp³-hybridized carbons (Fsp3) is 0.333. The second kappa shape index (κ2) is 6.31. The van der Waals surface area contributed by atoms with Gasteiger partial charge >= 0.3 is 0 Å². The number of methoxy groups -OCH3 is 1. The lowest BCUT2D eigenvalue weighted by Crippen LogP contribution is -2.15. The van der Waals surface area contributed by atoms with Crippen LogP contribution in [-0.4, -0.2) is 31.2 Å². The Balaban J connectivity index is 2.51. The first-order valence-corrected chi connectivity index (χ1v) is 8.51. The van der Waals surface area contributed by atoms with Gasteiger partial charge in [0.05, 0.1) is 18.6 Å². The van der Waals surface area contributed by atoms with Crippen molar-refractivity contribution in [1.82, 2.24) is 9.97 Å². The Hall–Kier alpha value is -2.15. The molecule has 0 spiro atoms. The van der Waals surface area contributed by atoms with Gasteiger partial charge in [0.1, 0.15) is 5.75 Å². The van der Waals surface area contributed by atoms with E-state index in [9.17, 15) is 8.42 Å². The van der Waals surface area contributed by atoms with Crippen molar-refractivity contribution in [2.24, 2.45) is 0 Å². The van der Waals surface area contributed by atoms with Crippen LogP contribution in [0.4, 0.5) is 5.69 Å². The fourth-order valence-corrected chi connectivity index (χ4v) is 2.66. The maximum absolute atomic E-state index is 11.8. The molecule has 0 amide bonds. The highest BCUT2D eigenvalue weighted by atomic mass is 32.2. The van der Waals surface area contributed by atoms with Crippen LogP contribution in [0.15, 0.2) is 24.3 Å². The molecule has 2 rings (SSSR count). The lowest BCUT2D eigenvalue weighted by molar-refractivity contribution is 0.417. The lowest BCUT2D eigenvalue weighted by atomic mass is 10.1. The smallest absolute Gasteiger partial charge is 0.232 e. The van der Waals surface area contributed by atoms with E-state index in [4.69, 9.17) is 4.74 Å². The molecule has 118 valence electrons. The van der Waals surface area contributed by atoms with Crippen LogP contribution >= 0.6 is 0 Å². The minimum Gasteiger partial charge on any atom is -0.495 e. The number of benzene rings is 1. The first-order valence-electron chi connectivity index (χ1n) is 6.86. The van der Waals surface area contributed by atoms with E-state index in [0.717, 1.165) is 17.0 Å². The Bertz CT molecular complexity index is 768.